The Bertz CT molecular complexity index is 1210. The molecule has 31 heavy (non-hydrogen) atoms. The fourth-order valence-electron chi connectivity index (χ4n) is 4.64. The molecule has 1 saturated heterocycles. The van der Waals surface area contributed by atoms with Crippen molar-refractivity contribution in [1.82, 2.24) is 19.4 Å². The molecule has 1 atom stereocenters. The summed E-state index contributed by atoms with van der Waals surface area (Å²) in [7, 11) is 1.61. The fraction of sp³-hybridized carbons (Fsp3) is 0.522. The number of aromatic amines is 2. The van der Waals surface area contributed by atoms with Crippen LogP contribution in [0, 0.1) is 4.77 Å². The Balaban J connectivity index is 1.46. The number of H-pyrrole nitrogens is 2. The van der Waals surface area contributed by atoms with Gasteiger partial charge in [-0.25, -0.2) is 0 Å². The number of aromatic nitrogens is 3. The molecule has 4 rings (SSSR count). The number of benzene rings is 1. The van der Waals surface area contributed by atoms with Crippen LogP contribution >= 0.6 is 12.2 Å². The minimum atomic E-state index is -0.137. The average Bonchev–Trinajstić information content (AvgIpc) is 3.16. The van der Waals surface area contributed by atoms with Gasteiger partial charge in [0.15, 0.2) is 4.77 Å². The Labute approximate surface area is 186 Å². The number of nitrogens with one attached hydrogen (secondary N) is 2. The Morgan fingerprint density at radius 3 is 2.84 bits per heavy atom. The van der Waals surface area contributed by atoms with E-state index in [1.807, 2.05) is 18.2 Å². The molecule has 3 aromatic rings. The number of piperidine rings is 1. The first-order valence-corrected chi connectivity index (χ1v) is 11.6. The van der Waals surface area contributed by atoms with Crippen LogP contribution < -0.4 is 10.3 Å². The minimum absolute atomic E-state index is 0.137. The van der Waals surface area contributed by atoms with Crippen LogP contribution in [0.4, 0.5) is 0 Å². The summed E-state index contributed by atoms with van der Waals surface area (Å²) in [6.07, 6.45) is 6.45. The van der Waals surface area contributed by atoms with Gasteiger partial charge in [0.1, 0.15) is 11.3 Å². The molecule has 0 radical (unpaired) electrons. The number of hydrogen-bond acceptors (Lipinski definition) is 4. The van der Waals surface area contributed by atoms with E-state index in [0.717, 1.165) is 55.3 Å². The van der Waals surface area contributed by atoms with Gasteiger partial charge in [-0.1, -0.05) is 6.92 Å². The van der Waals surface area contributed by atoms with Gasteiger partial charge < -0.3 is 19.6 Å². The lowest BCUT2D eigenvalue weighted by Gasteiger charge is -2.35. The number of likely N-dealkylation sites (tertiary alicyclic amines) is 1. The summed E-state index contributed by atoms with van der Waals surface area (Å²) in [6, 6.07) is 6.03. The predicted octanol–water partition coefficient (Wildman–Crippen LogP) is 4.51. The zero-order chi connectivity index (χ0) is 22.0. The van der Waals surface area contributed by atoms with Gasteiger partial charge in [-0.2, -0.15) is 0 Å². The lowest BCUT2D eigenvalue weighted by atomic mass is 9.99. The zero-order valence-corrected chi connectivity index (χ0v) is 19.0. The molecular formula is C23H30N4O3S. The van der Waals surface area contributed by atoms with Gasteiger partial charge in [0, 0.05) is 36.5 Å². The molecule has 1 aliphatic rings. The summed E-state index contributed by atoms with van der Waals surface area (Å²) >= 11 is 5.48. The van der Waals surface area contributed by atoms with Gasteiger partial charge >= 0.3 is 0 Å². The minimum Gasteiger partial charge on any atom is -0.497 e. The SMILES string of the molecule is CCC1CCCCN1C(=O)CCCCn1c(=S)[nH]c2c([nH]c3ccc(OC)cc32)c1=O. The topological polar surface area (TPSA) is 83.1 Å². The summed E-state index contributed by atoms with van der Waals surface area (Å²) in [4.78, 5) is 34.2. The van der Waals surface area contributed by atoms with Gasteiger partial charge in [0.05, 0.1) is 12.6 Å². The smallest absolute Gasteiger partial charge is 0.278 e. The van der Waals surface area contributed by atoms with E-state index in [-0.39, 0.29) is 11.5 Å². The molecule has 1 unspecified atom stereocenters. The molecule has 0 saturated carbocycles. The number of carbonyl (C=O) groups is 1. The molecule has 2 aromatic heterocycles. The molecule has 3 heterocycles. The van der Waals surface area contributed by atoms with Crippen molar-refractivity contribution >= 4 is 40.1 Å². The summed E-state index contributed by atoms with van der Waals surface area (Å²) < 4.78 is 7.28. The van der Waals surface area contributed by atoms with Crippen molar-refractivity contribution in [2.45, 2.75) is 64.5 Å². The number of rotatable bonds is 7. The van der Waals surface area contributed by atoms with E-state index in [1.54, 1.807) is 11.7 Å². The van der Waals surface area contributed by atoms with Gasteiger partial charge in [-0.15, -0.1) is 0 Å². The zero-order valence-electron chi connectivity index (χ0n) is 18.2. The third-order valence-electron chi connectivity index (χ3n) is 6.38. The molecule has 1 aliphatic heterocycles. The second-order valence-corrected chi connectivity index (χ2v) is 8.66. The third kappa shape index (κ3) is 4.26. The molecule has 1 aromatic carbocycles. The normalized spacial score (nSPS) is 16.8. The predicted molar refractivity (Wildman–Crippen MR) is 125 cm³/mol. The van der Waals surface area contributed by atoms with E-state index in [4.69, 9.17) is 17.0 Å². The van der Waals surface area contributed by atoms with Crippen LogP contribution in [0.2, 0.25) is 0 Å². The Hall–Kier alpha value is -2.61. The number of nitrogens with zero attached hydrogens (tertiary/aromatic N) is 2. The lowest BCUT2D eigenvalue weighted by molar-refractivity contribution is -0.135. The molecule has 8 heteroatoms. The number of methoxy groups -OCH3 is 1. The number of carbonyl (C=O) groups excluding carboxylic acids is 1. The van der Waals surface area contributed by atoms with Crippen molar-refractivity contribution in [3.05, 3.63) is 33.3 Å². The first-order chi connectivity index (χ1) is 15.0. The van der Waals surface area contributed by atoms with E-state index >= 15 is 0 Å². The molecule has 0 aliphatic carbocycles. The van der Waals surface area contributed by atoms with E-state index in [0.29, 0.717) is 34.8 Å². The summed E-state index contributed by atoms with van der Waals surface area (Å²) in [6.45, 7) is 3.53. The average molecular weight is 443 g/mol. The number of hydrogen-bond donors (Lipinski definition) is 2. The monoisotopic (exact) mass is 442 g/mol. The Morgan fingerprint density at radius 1 is 1.23 bits per heavy atom. The molecular weight excluding hydrogens is 412 g/mol. The summed E-state index contributed by atoms with van der Waals surface area (Å²) in [5.41, 5.74) is 1.93. The second-order valence-electron chi connectivity index (χ2n) is 8.28. The Morgan fingerprint density at radius 2 is 2.06 bits per heavy atom. The first-order valence-electron chi connectivity index (χ1n) is 11.2. The third-order valence-corrected chi connectivity index (χ3v) is 6.71. The van der Waals surface area contributed by atoms with Crippen molar-refractivity contribution in [2.75, 3.05) is 13.7 Å². The van der Waals surface area contributed by atoms with Crippen LogP contribution in [0.1, 0.15) is 51.9 Å². The van der Waals surface area contributed by atoms with Crippen LogP contribution in [-0.4, -0.2) is 45.0 Å². The van der Waals surface area contributed by atoms with Crippen LogP contribution in [-0.2, 0) is 11.3 Å². The highest BCUT2D eigenvalue weighted by Gasteiger charge is 2.24. The maximum Gasteiger partial charge on any atom is 0.278 e. The van der Waals surface area contributed by atoms with Crippen molar-refractivity contribution in [3.63, 3.8) is 0 Å². The van der Waals surface area contributed by atoms with Gasteiger partial charge in [0.2, 0.25) is 5.91 Å². The molecule has 7 nitrogen and oxygen atoms in total. The van der Waals surface area contributed by atoms with E-state index in [9.17, 15) is 9.59 Å². The maximum atomic E-state index is 13.1. The highest BCUT2D eigenvalue weighted by molar-refractivity contribution is 7.71. The number of amides is 1. The molecule has 166 valence electrons. The van der Waals surface area contributed by atoms with E-state index < -0.39 is 0 Å². The molecule has 0 spiro atoms. The highest BCUT2D eigenvalue weighted by Crippen LogP contribution is 2.26. The molecule has 2 N–H and O–H groups in total. The van der Waals surface area contributed by atoms with Crippen LogP contribution in [0.5, 0.6) is 5.75 Å². The standard InChI is InChI=1S/C23H30N4O3S/c1-3-15-8-4-6-12-26(15)19(28)9-5-7-13-27-22(29)21-20(25-23(27)31)17-14-16(30-2)10-11-18(17)24-21/h10-11,14-15,24H,3-9,12-13H2,1-2H3,(H,25,31). The number of ether oxygens (including phenoxy) is 1. The van der Waals surface area contributed by atoms with E-state index in [2.05, 4.69) is 21.8 Å². The van der Waals surface area contributed by atoms with Crippen LogP contribution in [0.3, 0.4) is 0 Å². The van der Waals surface area contributed by atoms with Crippen molar-refractivity contribution in [3.8, 4) is 5.75 Å². The van der Waals surface area contributed by atoms with Gasteiger partial charge in [0.25, 0.3) is 5.56 Å². The number of fused-ring (bicyclic) bond motifs is 3. The molecule has 1 amide bonds. The van der Waals surface area contributed by atoms with Gasteiger partial charge in [-0.05, 0) is 68.9 Å². The van der Waals surface area contributed by atoms with Crippen molar-refractivity contribution in [1.29, 1.82) is 0 Å². The fourth-order valence-corrected chi connectivity index (χ4v) is 4.91. The summed E-state index contributed by atoms with van der Waals surface area (Å²) in [5, 5.41) is 0.877. The lowest BCUT2D eigenvalue weighted by Crippen LogP contribution is -2.43. The van der Waals surface area contributed by atoms with Crippen LogP contribution in [0.25, 0.3) is 21.9 Å². The van der Waals surface area contributed by atoms with Crippen molar-refractivity contribution < 1.29 is 9.53 Å². The maximum absolute atomic E-state index is 13.1. The quantitative estimate of drug-likeness (QED) is 0.417. The summed E-state index contributed by atoms with van der Waals surface area (Å²) in [5.74, 6) is 0.963. The molecule has 1 fully saturated rings. The molecule has 0 bridgehead atoms. The Kier molecular flexibility index (Phi) is 6.46. The number of unbranched alkanes of at least 4 members (excludes halogenated alkanes) is 1. The van der Waals surface area contributed by atoms with Gasteiger partial charge in [-0.3, -0.25) is 14.2 Å². The van der Waals surface area contributed by atoms with Crippen LogP contribution in [0.15, 0.2) is 23.0 Å². The van der Waals surface area contributed by atoms with E-state index in [1.165, 1.54) is 6.42 Å². The first kappa shape index (κ1) is 21.6. The van der Waals surface area contributed by atoms with Crippen molar-refractivity contribution in [2.24, 2.45) is 0 Å². The second kappa shape index (κ2) is 9.26. The highest BCUT2D eigenvalue weighted by atomic mass is 32.1. The largest absolute Gasteiger partial charge is 0.497 e.